The van der Waals surface area contributed by atoms with Gasteiger partial charge in [0.1, 0.15) is 0 Å². The molecule has 1 heterocycles. The molecule has 0 radical (unpaired) electrons. The third kappa shape index (κ3) is 4.75. The molecular formula is C20H22Cl2N4O. The lowest BCUT2D eigenvalue weighted by atomic mass is 10.0. The Balaban J connectivity index is 0.00000261. The van der Waals surface area contributed by atoms with E-state index in [1.807, 2.05) is 24.3 Å². The van der Waals surface area contributed by atoms with Crippen LogP contribution in [0.4, 0.5) is 0 Å². The zero-order valence-electron chi connectivity index (χ0n) is 15.4. The van der Waals surface area contributed by atoms with Gasteiger partial charge in [-0.05, 0) is 35.2 Å². The molecule has 0 saturated carbocycles. The highest BCUT2D eigenvalue weighted by atomic mass is 35.5. The summed E-state index contributed by atoms with van der Waals surface area (Å²) < 4.78 is 5.28. The maximum absolute atomic E-state index is 6.37. The van der Waals surface area contributed by atoms with E-state index in [0.717, 1.165) is 11.1 Å². The summed E-state index contributed by atoms with van der Waals surface area (Å²) in [5.41, 5.74) is 9.53. The lowest BCUT2D eigenvalue weighted by Gasteiger charge is -2.11. The summed E-state index contributed by atoms with van der Waals surface area (Å²) in [6.45, 7) is 4.71. The molecule has 27 heavy (non-hydrogen) atoms. The largest absolute Gasteiger partial charge is 0.467 e. The van der Waals surface area contributed by atoms with Gasteiger partial charge in [0.25, 0.3) is 0 Å². The lowest BCUT2D eigenvalue weighted by Crippen LogP contribution is -2.02. The van der Waals surface area contributed by atoms with Crippen LogP contribution < -0.4 is 10.5 Å². The standard InChI is InChI=1S/C20H21ClN4O.ClH/c1-12(2)14-5-4-6-15(10-14)18-23-19(25-20(24-18)26-3)16-9-13(11-22)7-8-17(16)21;/h4-10,12H,11,22H2,1-3H3;1H. The van der Waals surface area contributed by atoms with Crippen LogP contribution in [0.25, 0.3) is 22.8 Å². The molecular weight excluding hydrogens is 383 g/mol. The summed E-state index contributed by atoms with van der Waals surface area (Å²) in [6, 6.07) is 14.0. The summed E-state index contributed by atoms with van der Waals surface area (Å²) in [6.07, 6.45) is 0. The molecule has 0 fully saturated rings. The van der Waals surface area contributed by atoms with Crippen LogP contribution in [0.3, 0.4) is 0 Å². The fourth-order valence-corrected chi connectivity index (χ4v) is 2.81. The van der Waals surface area contributed by atoms with Crippen molar-refractivity contribution >= 4 is 24.0 Å². The number of nitrogens with two attached hydrogens (primary N) is 1. The monoisotopic (exact) mass is 404 g/mol. The van der Waals surface area contributed by atoms with E-state index < -0.39 is 0 Å². The summed E-state index contributed by atoms with van der Waals surface area (Å²) in [5, 5.41) is 0.553. The van der Waals surface area contributed by atoms with E-state index in [-0.39, 0.29) is 18.4 Å². The van der Waals surface area contributed by atoms with Gasteiger partial charge in [-0.3, -0.25) is 0 Å². The molecule has 7 heteroatoms. The smallest absolute Gasteiger partial charge is 0.320 e. The molecule has 2 N–H and O–H groups in total. The Morgan fingerprint density at radius 3 is 2.44 bits per heavy atom. The second-order valence-corrected chi connectivity index (χ2v) is 6.68. The molecule has 0 aliphatic rings. The molecule has 2 aromatic carbocycles. The SMILES string of the molecule is COc1nc(-c2cccc(C(C)C)c2)nc(-c2cc(CN)ccc2Cl)n1.Cl. The van der Waals surface area contributed by atoms with Crippen molar-refractivity contribution in [3.8, 4) is 28.8 Å². The predicted octanol–water partition coefficient (Wildman–Crippen LogP) is 4.87. The van der Waals surface area contributed by atoms with Gasteiger partial charge in [0.05, 0.1) is 12.1 Å². The molecule has 3 aromatic rings. The second kappa shape index (κ2) is 9.13. The molecule has 0 atom stereocenters. The number of benzene rings is 2. The summed E-state index contributed by atoms with van der Waals surface area (Å²) in [4.78, 5) is 13.4. The molecule has 1 aromatic heterocycles. The van der Waals surface area contributed by atoms with Crippen molar-refractivity contribution in [2.45, 2.75) is 26.3 Å². The van der Waals surface area contributed by atoms with Crippen molar-refractivity contribution in [1.82, 2.24) is 15.0 Å². The Kier molecular flexibility index (Phi) is 7.13. The quantitative estimate of drug-likeness (QED) is 0.656. The molecule has 3 rings (SSSR count). The Hall–Kier alpha value is -2.21. The molecule has 5 nitrogen and oxygen atoms in total. The van der Waals surface area contributed by atoms with E-state index in [4.69, 9.17) is 22.1 Å². The highest BCUT2D eigenvalue weighted by Gasteiger charge is 2.14. The number of ether oxygens (including phenoxy) is 1. The van der Waals surface area contributed by atoms with Gasteiger partial charge in [-0.15, -0.1) is 12.4 Å². The highest BCUT2D eigenvalue weighted by molar-refractivity contribution is 6.33. The average Bonchev–Trinajstić information content (AvgIpc) is 2.68. The third-order valence-corrected chi connectivity index (χ3v) is 4.45. The topological polar surface area (TPSA) is 73.9 Å². The first-order chi connectivity index (χ1) is 12.5. The second-order valence-electron chi connectivity index (χ2n) is 6.27. The van der Waals surface area contributed by atoms with Crippen LogP contribution >= 0.6 is 24.0 Å². The average molecular weight is 405 g/mol. The Morgan fingerprint density at radius 1 is 1.04 bits per heavy atom. The van der Waals surface area contributed by atoms with Crippen molar-refractivity contribution in [3.63, 3.8) is 0 Å². The van der Waals surface area contributed by atoms with Crippen LogP contribution in [-0.4, -0.2) is 22.1 Å². The number of hydrogen-bond acceptors (Lipinski definition) is 5. The number of aromatic nitrogens is 3. The van der Waals surface area contributed by atoms with Gasteiger partial charge in [-0.25, -0.2) is 4.98 Å². The predicted molar refractivity (Wildman–Crippen MR) is 111 cm³/mol. The van der Waals surface area contributed by atoms with Crippen LogP contribution in [-0.2, 0) is 6.54 Å². The fourth-order valence-electron chi connectivity index (χ4n) is 2.60. The van der Waals surface area contributed by atoms with Crippen molar-refractivity contribution in [1.29, 1.82) is 0 Å². The van der Waals surface area contributed by atoms with Crippen molar-refractivity contribution < 1.29 is 4.74 Å². The summed E-state index contributed by atoms with van der Waals surface area (Å²) in [5.74, 6) is 1.42. The molecule has 0 bridgehead atoms. The van der Waals surface area contributed by atoms with E-state index in [1.165, 1.54) is 12.7 Å². The number of methoxy groups -OCH3 is 1. The van der Waals surface area contributed by atoms with E-state index in [0.29, 0.717) is 34.7 Å². The van der Waals surface area contributed by atoms with Crippen LogP contribution in [0.2, 0.25) is 5.02 Å². The van der Waals surface area contributed by atoms with Crippen LogP contribution in [0.5, 0.6) is 6.01 Å². The van der Waals surface area contributed by atoms with Crippen molar-refractivity contribution in [2.75, 3.05) is 7.11 Å². The molecule has 0 spiro atoms. The van der Waals surface area contributed by atoms with E-state index in [1.54, 1.807) is 6.07 Å². The minimum atomic E-state index is 0. The van der Waals surface area contributed by atoms with Gasteiger partial charge in [-0.1, -0.05) is 49.7 Å². The Bertz CT molecular complexity index is 932. The normalized spacial score (nSPS) is 10.6. The number of nitrogens with zero attached hydrogens (tertiary/aromatic N) is 3. The molecule has 0 aliphatic heterocycles. The minimum absolute atomic E-state index is 0. The first kappa shape index (κ1) is 21.1. The van der Waals surface area contributed by atoms with Gasteiger partial charge in [0.15, 0.2) is 11.6 Å². The summed E-state index contributed by atoms with van der Waals surface area (Å²) in [7, 11) is 1.53. The van der Waals surface area contributed by atoms with Crippen LogP contribution in [0, 0.1) is 0 Å². The Morgan fingerprint density at radius 2 is 1.78 bits per heavy atom. The molecule has 142 valence electrons. The first-order valence-corrected chi connectivity index (χ1v) is 8.79. The first-order valence-electron chi connectivity index (χ1n) is 8.41. The fraction of sp³-hybridized carbons (Fsp3) is 0.250. The maximum atomic E-state index is 6.37. The molecule has 0 unspecified atom stereocenters. The van der Waals surface area contributed by atoms with Gasteiger partial charge in [0.2, 0.25) is 0 Å². The minimum Gasteiger partial charge on any atom is -0.467 e. The number of hydrogen-bond donors (Lipinski definition) is 1. The van der Waals surface area contributed by atoms with Gasteiger partial charge in [0, 0.05) is 17.7 Å². The van der Waals surface area contributed by atoms with Crippen LogP contribution in [0.15, 0.2) is 42.5 Å². The van der Waals surface area contributed by atoms with E-state index >= 15 is 0 Å². The summed E-state index contributed by atoms with van der Waals surface area (Å²) >= 11 is 6.37. The highest BCUT2D eigenvalue weighted by Crippen LogP contribution is 2.29. The number of halogens is 2. The maximum Gasteiger partial charge on any atom is 0.320 e. The Labute approximate surface area is 170 Å². The lowest BCUT2D eigenvalue weighted by molar-refractivity contribution is 0.379. The molecule has 0 aliphatic carbocycles. The van der Waals surface area contributed by atoms with E-state index in [9.17, 15) is 0 Å². The van der Waals surface area contributed by atoms with Crippen molar-refractivity contribution in [2.24, 2.45) is 5.73 Å². The van der Waals surface area contributed by atoms with Crippen LogP contribution in [0.1, 0.15) is 30.9 Å². The van der Waals surface area contributed by atoms with Crippen molar-refractivity contribution in [3.05, 3.63) is 58.6 Å². The molecule has 0 amide bonds. The van der Waals surface area contributed by atoms with Gasteiger partial charge in [-0.2, -0.15) is 9.97 Å². The third-order valence-electron chi connectivity index (χ3n) is 4.12. The van der Waals surface area contributed by atoms with E-state index in [2.05, 4.69) is 40.9 Å². The van der Waals surface area contributed by atoms with Gasteiger partial charge >= 0.3 is 6.01 Å². The van der Waals surface area contributed by atoms with Gasteiger partial charge < -0.3 is 10.5 Å². The zero-order chi connectivity index (χ0) is 18.7. The molecule has 0 saturated heterocycles. The number of rotatable bonds is 5. The zero-order valence-corrected chi connectivity index (χ0v) is 17.0.